The van der Waals surface area contributed by atoms with E-state index in [1.165, 1.54) is 10.1 Å². The molecular weight excluding hydrogens is 644 g/mol. The molecule has 18 heteroatoms. The van der Waals surface area contributed by atoms with E-state index in [9.17, 15) is 28.8 Å². The van der Waals surface area contributed by atoms with E-state index < -0.39 is 47.9 Å². The Kier molecular flexibility index (Phi) is 16.9. The zero-order valence-electron chi connectivity index (χ0n) is 29.4. The van der Waals surface area contributed by atoms with E-state index in [4.69, 9.17) is 30.6 Å². The summed E-state index contributed by atoms with van der Waals surface area (Å²) in [5.74, 6) is -3.82. The molecule has 0 saturated carbocycles. The van der Waals surface area contributed by atoms with Gasteiger partial charge in [-0.05, 0) is 41.0 Å². The molecule has 2 atom stereocenters. The van der Waals surface area contributed by atoms with Crippen LogP contribution in [0, 0.1) is 0 Å². The zero-order chi connectivity index (χ0) is 36.7. The topological polar surface area (TPSA) is 211 Å². The van der Waals surface area contributed by atoms with Crippen molar-refractivity contribution in [2.45, 2.75) is 69.9 Å². The molecule has 0 unspecified atom stereocenters. The van der Waals surface area contributed by atoms with Gasteiger partial charge in [-0.1, -0.05) is 19.3 Å². The molecule has 0 fully saturated rings. The molecule has 49 heavy (non-hydrogen) atoms. The molecule has 0 saturated heterocycles. The second-order valence-electron chi connectivity index (χ2n) is 12.6. The van der Waals surface area contributed by atoms with Crippen LogP contribution in [0.25, 0.3) is 0 Å². The number of carbonyl (C=O) groups excluding carboxylic acids is 6. The molecule has 0 aromatic rings. The van der Waals surface area contributed by atoms with Crippen molar-refractivity contribution >= 4 is 35.8 Å². The lowest BCUT2D eigenvalue weighted by molar-refractivity contribution is -0.180. The lowest BCUT2D eigenvalue weighted by Crippen LogP contribution is -2.37. The number of nitrogens with two attached hydrogens (primary N) is 2. The van der Waals surface area contributed by atoms with Gasteiger partial charge in [0.25, 0.3) is 0 Å². The predicted octanol–water partition coefficient (Wildman–Crippen LogP) is -0.576. The summed E-state index contributed by atoms with van der Waals surface area (Å²) in [6.07, 6.45) is 7.44. The fraction of sp³-hybridized carbons (Fsp3) is 0.677. The number of likely N-dealkylation sites (N-methyl/N-ethyl adjacent to an activating group) is 2. The van der Waals surface area contributed by atoms with Crippen LogP contribution in [0.15, 0.2) is 23.8 Å². The monoisotopic (exact) mass is 696 g/mol. The average molecular weight is 697 g/mol. The molecule has 2 aliphatic heterocycles. The number of hydrogen-bond acceptors (Lipinski definition) is 18. The highest BCUT2D eigenvalue weighted by atomic mass is 16.7. The number of hydroxylamine groups is 4. The van der Waals surface area contributed by atoms with Crippen molar-refractivity contribution in [2.24, 2.45) is 11.5 Å². The Bertz CT molecular complexity index is 1150. The van der Waals surface area contributed by atoms with E-state index in [1.807, 2.05) is 0 Å². The number of carbonyl (C=O) groups is 6. The van der Waals surface area contributed by atoms with Crippen LogP contribution in [-0.2, 0) is 47.9 Å². The molecular formula is C31H52N8O10. The highest BCUT2D eigenvalue weighted by Crippen LogP contribution is 2.21. The number of esters is 4. The fourth-order valence-electron chi connectivity index (χ4n) is 4.73. The van der Waals surface area contributed by atoms with Crippen LogP contribution in [0.4, 0.5) is 0 Å². The Hall–Kier alpha value is -4.26. The van der Waals surface area contributed by atoms with E-state index in [0.717, 1.165) is 19.3 Å². The molecule has 0 amide bonds. The summed E-state index contributed by atoms with van der Waals surface area (Å²) in [5.41, 5.74) is 13.1. The maximum absolute atomic E-state index is 12.3. The Labute approximate surface area is 287 Å². The Morgan fingerprint density at radius 3 is 1.33 bits per heavy atom. The molecule has 0 aromatic heterocycles. The molecule has 0 spiro atoms. The van der Waals surface area contributed by atoms with Gasteiger partial charge in [0.15, 0.2) is 0 Å². The van der Waals surface area contributed by atoms with Gasteiger partial charge in [-0.25, -0.2) is 19.2 Å². The van der Waals surface area contributed by atoms with Crippen LogP contribution in [0.5, 0.6) is 0 Å². The van der Waals surface area contributed by atoms with Gasteiger partial charge in [-0.3, -0.25) is 19.4 Å². The van der Waals surface area contributed by atoms with Gasteiger partial charge in [0, 0.05) is 51.2 Å². The summed E-state index contributed by atoms with van der Waals surface area (Å²) in [6, 6.07) is -2.10. The first-order valence-electron chi connectivity index (χ1n) is 16.1. The van der Waals surface area contributed by atoms with Crippen LogP contribution in [0.2, 0.25) is 0 Å². The van der Waals surface area contributed by atoms with Gasteiger partial charge < -0.3 is 40.4 Å². The van der Waals surface area contributed by atoms with Gasteiger partial charge in [-0.2, -0.15) is 10.1 Å². The summed E-state index contributed by atoms with van der Waals surface area (Å²) in [4.78, 5) is 89.9. The van der Waals surface area contributed by atoms with Gasteiger partial charge >= 0.3 is 35.8 Å². The fourth-order valence-corrected chi connectivity index (χ4v) is 4.73. The van der Waals surface area contributed by atoms with E-state index in [2.05, 4.69) is 0 Å². The smallest absolute Gasteiger partial charge is 0.332 e. The van der Waals surface area contributed by atoms with Gasteiger partial charge in [0.1, 0.15) is 25.4 Å². The number of nitrogens with zero attached hydrogens (tertiary/aromatic N) is 6. The van der Waals surface area contributed by atoms with Crippen molar-refractivity contribution in [1.29, 1.82) is 0 Å². The predicted molar refractivity (Wildman–Crippen MR) is 174 cm³/mol. The lowest BCUT2D eigenvalue weighted by Gasteiger charge is -2.19. The number of rotatable bonds is 20. The van der Waals surface area contributed by atoms with E-state index >= 15 is 0 Å². The molecule has 0 aromatic carbocycles. The third-order valence-electron chi connectivity index (χ3n) is 7.25. The van der Waals surface area contributed by atoms with Crippen molar-refractivity contribution in [3.63, 3.8) is 0 Å². The minimum atomic E-state index is -1.05. The quantitative estimate of drug-likeness (QED) is 0.0926. The zero-order valence-corrected chi connectivity index (χ0v) is 29.4. The minimum absolute atomic E-state index is 0.0411. The summed E-state index contributed by atoms with van der Waals surface area (Å²) >= 11 is 0. The van der Waals surface area contributed by atoms with Crippen LogP contribution < -0.4 is 11.5 Å². The Morgan fingerprint density at radius 1 is 0.633 bits per heavy atom. The van der Waals surface area contributed by atoms with Gasteiger partial charge in [0.05, 0.1) is 25.5 Å². The summed E-state index contributed by atoms with van der Waals surface area (Å²) in [7, 11) is 10.2. The summed E-state index contributed by atoms with van der Waals surface area (Å²) in [5, 5.41) is 2.74. The standard InChI is InChI=1S/C31H52N8O10/c1-34(2)18-28(42)46-30(44)24(32)14-22-16-38(20-36(22)5)48-26(40)12-10-8-7-9-11-13-27(41)49-39-17-23(37(6)21-39)15-25(33)31(45)47-29(43)19-35(3)4/h16-17,24-25H,7-15,18-21,32-33H2,1-6H3/t24-,25-/m0/s1. The van der Waals surface area contributed by atoms with Crippen LogP contribution in [0.1, 0.15) is 57.8 Å². The van der Waals surface area contributed by atoms with Crippen molar-refractivity contribution in [2.75, 3.05) is 68.7 Å². The molecule has 0 radical (unpaired) electrons. The van der Waals surface area contributed by atoms with Crippen molar-refractivity contribution in [3.05, 3.63) is 23.8 Å². The maximum Gasteiger partial charge on any atom is 0.332 e. The first-order valence-corrected chi connectivity index (χ1v) is 16.1. The second-order valence-corrected chi connectivity index (χ2v) is 12.6. The molecule has 0 bridgehead atoms. The molecule has 2 rings (SSSR count). The molecule has 0 aliphatic carbocycles. The van der Waals surface area contributed by atoms with Crippen LogP contribution in [-0.4, -0.2) is 146 Å². The maximum atomic E-state index is 12.3. The third kappa shape index (κ3) is 15.7. The van der Waals surface area contributed by atoms with Crippen molar-refractivity contribution < 1.29 is 47.9 Å². The molecule has 2 heterocycles. The average Bonchev–Trinajstić information content (AvgIpc) is 3.50. The van der Waals surface area contributed by atoms with Crippen LogP contribution >= 0.6 is 0 Å². The van der Waals surface area contributed by atoms with Crippen LogP contribution in [0.3, 0.4) is 0 Å². The van der Waals surface area contributed by atoms with E-state index in [0.29, 0.717) is 24.2 Å². The molecule has 18 nitrogen and oxygen atoms in total. The number of unbranched alkanes of at least 4 members (excludes halogenated alkanes) is 4. The first kappa shape index (κ1) is 40.9. The van der Waals surface area contributed by atoms with Gasteiger partial charge in [-0.15, -0.1) is 0 Å². The second kappa shape index (κ2) is 20.3. The SMILES string of the molecule is CN(C)CC(=O)OC(=O)[C@@H](N)CC1=CN(OC(=O)CCCCCCCC(=O)ON2C=C(C[C@H](N)C(=O)OC(=O)CN(C)C)N(C)C2)CN1C. The third-order valence-corrected chi connectivity index (χ3v) is 7.25. The Balaban J connectivity index is 1.60. The van der Waals surface area contributed by atoms with Crippen molar-refractivity contribution in [3.8, 4) is 0 Å². The summed E-state index contributed by atoms with van der Waals surface area (Å²) < 4.78 is 9.55. The number of hydrogen-bond donors (Lipinski definition) is 2. The summed E-state index contributed by atoms with van der Waals surface area (Å²) in [6.45, 7) is 0.455. The van der Waals surface area contributed by atoms with E-state index in [-0.39, 0.29) is 52.1 Å². The normalized spacial score (nSPS) is 15.6. The lowest BCUT2D eigenvalue weighted by atomic mass is 10.1. The highest BCUT2D eigenvalue weighted by Gasteiger charge is 2.28. The largest absolute Gasteiger partial charge is 0.391 e. The first-order chi connectivity index (χ1) is 23.0. The van der Waals surface area contributed by atoms with E-state index in [1.54, 1.807) is 74.3 Å². The Morgan fingerprint density at radius 2 is 0.980 bits per heavy atom. The molecule has 276 valence electrons. The van der Waals surface area contributed by atoms with Crippen molar-refractivity contribution in [1.82, 2.24) is 29.7 Å². The highest BCUT2D eigenvalue weighted by molar-refractivity contribution is 5.89. The minimum Gasteiger partial charge on any atom is -0.391 e. The molecule has 2 aliphatic rings. The number of ether oxygens (including phenoxy) is 2. The molecule has 4 N–H and O–H groups in total. The van der Waals surface area contributed by atoms with Gasteiger partial charge in [0.2, 0.25) is 0 Å².